The number of aromatic nitrogens is 2. The van der Waals surface area contributed by atoms with Gasteiger partial charge in [-0.05, 0) is 54.4 Å². The van der Waals surface area contributed by atoms with Crippen LogP contribution in [0, 0.1) is 6.92 Å². The Morgan fingerprint density at radius 3 is 2.58 bits per heavy atom. The fourth-order valence-corrected chi connectivity index (χ4v) is 2.28. The second-order valence-electron chi connectivity index (χ2n) is 5.32. The molecule has 0 fully saturated rings. The summed E-state index contributed by atoms with van der Waals surface area (Å²) in [5, 5.41) is 12.1. The van der Waals surface area contributed by atoms with Gasteiger partial charge >= 0.3 is 0 Å². The Morgan fingerprint density at radius 2 is 1.88 bits per heavy atom. The van der Waals surface area contributed by atoms with Gasteiger partial charge in [-0.1, -0.05) is 0 Å². The number of pyridine rings is 2. The fraction of sp³-hybridized carbons (Fsp3) is 0.0556. The number of H-pyrrole nitrogens is 1. The number of aromatic amines is 1. The highest BCUT2D eigenvalue weighted by Gasteiger charge is 2.11. The summed E-state index contributed by atoms with van der Waals surface area (Å²) < 4.78 is 0. The van der Waals surface area contributed by atoms with Crippen LogP contribution in [0.25, 0.3) is 11.1 Å². The van der Waals surface area contributed by atoms with E-state index >= 15 is 0 Å². The van der Waals surface area contributed by atoms with Gasteiger partial charge in [0.1, 0.15) is 11.4 Å². The molecule has 2 heterocycles. The standard InChI is InChI=1S/C18H15N3O3/c1-11-8-13(2-3-16(11)22)17(23)21-15-9-14(10-20-18(15)24)12-4-6-19-7-5-12/h2-10,22H,1H3,(H,20,24)(H,21,23). The van der Waals surface area contributed by atoms with Gasteiger partial charge in [-0.3, -0.25) is 14.6 Å². The number of hydrogen-bond acceptors (Lipinski definition) is 4. The Labute approximate surface area is 137 Å². The molecule has 3 rings (SSSR count). The molecule has 120 valence electrons. The zero-order chi connectivity index (χ0) is 17.1. The van der Waals surface area contributed by atoms with Gasteiger partial charge < -0.3 is 15.4 Å². The highest BCUT2D eigenvalue weighted by molar-refractivity contribution is 6.04. The number of phenols is 1. The average Bonchev–Trinajstić information content (AvgIpc) is 2.60. The third kappa shape index (κ3) is 3.17. The molecule has 6 nitrogen and oxygen atoms in total. The number of phenolic OH excluding ortho intramolecular Hbond substituents is 1. The van der Waals surface area contributed by atoms with Gasteiger partial charge in [-0.25, -0.2) is 0 Å². The van der Waals surface area contributed by atoms with Gasteiger partial charge in [0, 0.05) is 29.7 Å². The number of benzene rings is 1. The van der Waals surface area contributed by atoms with Crippen LogP contribution in [0.4, 0.5) is 5.69 Å². The van der Waals surface area contributed by atoms with E-state index in [2.05, 4.69) is 15.3 Å². The minimum absolute atomic E-state index is 0.115. The molecule has 0 saturated carbocycles. The molecule has 2 aromatic heterocycles. The number of amides is 1. The summed E-state index contributed by atoms with van der Waals surface area (Å²) in [7, 11) is 0. The molecule has 3 N–H and O–H groups in total. The maximum atomic E-state index is 12.3. The van der Waals surface area contributed by atoms with Crippen molar-refractivity contribution in [2.75, 3.05) is 5.32 Å². The first-order valence-corrected chi connectivity index (χ1v) is 7.29. The molecule has 0 radical (unpaired) electrons. The molecule has 1 aromatic carbocycles. The molecular weight excluding hydrogens is 306 g/mol. The molecule has 3 aromatic rings. The topological polar surface area (TPSA) is 95.1 Å². The van der Waals surface area contributed by atoms with E-state index in [1.54, 1.807) is 37.6 Å². The van der Waals surface area contributed by atoms with Crippen molar-refractivity contribution in [2.24, 2.45) is 0 Å². The summed E-state index contributed by atoms with van der Waals surface area (Å²) in [6, 6.07) is 9.73. The summed E-state index contributed by atoms with van der Waals surface area (Å²) in [4.78, 5) is 30.9. The van der Waals surface area contributed by atoms with Crippen LogP contribution >= 0.6 is 0 Å². The lowest BCUT2D eigenvalue weighted by Gasteiger charge is -2.08. The van der Waals surface area contributed by atoms with Gasteiger partial charge in [0.25, 0.3) is 11.5 Å². The molecule has 0 spiro atoms. The summed E-state index contributed by atoms with van der Waals surface area (Å²) in [5.74, 6) is -0.306. The molecule has 0 aliphatic heterocycles. The fourth-order valence-electron chi connectivity index (χ4n) is 2.28. The summed E-state index contributed by atoms with van der Waals surface area (Å²) in [5.41, 5.74) is 2.34. The van der Waals surface area contributed by atoms with Crippen LogP contribution in [-0.4, -0.2) is 21.0 Å². The van der Waals surface area contributed by atoms with Crippen molar-refractivity contribution in [1.29, 1.82) is 0 Å². The lowest BCUT2D eigenvalue weighted by atomic mass is 10.1. The number of carbonyl (C=O) groups excluding carboxylic acids is 1. The van der Waals surface area contributed by atoms with Crippen molar-refractivity contribution < 1.29 is 9.90 Å². The number of nitrogens with zero attached hydrogens (tertiary/aromatic N) is 1. The van der Waals surface area contributed by atoms with Crippen LogP contribution in [0.15, 0.2) is 59.8 Å². The van der Waals surface area contributed by atoms with E-state index in [4.69, 9.17) is 0 Å². The minimum Gasteiger partial charge on any atom is -0.508 e. The molecule has 24 heavy (non-hydrogen) atoms. The molecule has 0 aliphatic rings. The zero-order valence-corrected chi connectivity index (χ0v) is 12.9. The van der Waals surface area contributed by atoms with E-state index in [1.807, 2.05) is 12.1 Å². The first kappa shape index (κ1) is 15.5. The van der Waals surface area contributed by atoms with E-state index in [-0.39, 0.29) is 11.4 Å². The van der Waals surface area contributed by atoms with E-state index in [0.29, 0.717) is 11.1 Å². The molecule has 0 aliphatic carbocycles. The number of hydrogen-bond donors (Lipinski definition) is 3. The van der Waals surface area contributed by atoms with Crippen LogP contribution in [0.3, 0.4) is 0 Å². The predicted molar refractivity (Wildman–Crippen MR) is 91.1 cm³/mol. The molecule has 0 bridgehead atoms. The number of carbonyl (C=O) groups is 1. The second kappa shape index (κ2) is 6.37. The Bertz CT molecular complexity index is 949. The van der Waals surface area contributed by atoms with Crippen LogP contribution in [0.2, 0.25) is 0 Å². The van der Waals surface area contributed by atoms with Gasteiger partial charge in [-0.2, -0.15) is 0 Å². The first-order chi connectivity index (χ1) is 11.5. The number of aromatic hydroxyl groups is 1. The SMILES string of the molecule is Cc1cc(C(=O)Nc2cc(-c3ccncc3)c[nH]c2=O)ccc1O. The van der Waals surface area contributed by atoms with Crippen molar-refractivity contribution in [3.05, 3.63) is 76.5 Å². The number of nitrogens with one attached hydrogen (secondary N) is 2. The van der Waals surface area contributed by atoms with Crippen molar-refractivity contribution in [3.63, 3.8) is 0 Å². The summed E-state index contributed by atoms with van der Waals surface area (Å²) in [6.45, 7) is 1.70. The molecule has 0 unspecified atom stereocenters. The maximum Gasteiger partial charge on any atom is 0.271 e. The van der Waals surface area contributed by atoms with Crippen molar-refractivity contribution >= 4 is 11.6 Å². The van der Waals surface area contributed by atoms with E-state index in [0.717, 1.165) is 11.1 Å². The number of anilines is 1. The molecular formula is C18H15N3O3. The van der Waals surface area contributed by atoms with Gasteiger partial charge in [0.05, 0.1) is 0 Å². The Balaban J connectivity index is 1.90. The largest absolute Gasteiger partial charge is 0.508 e. The van der Waals surface area contributed by atoms with Gasteiger partial charge in [-0.15, -0.1) is 0 Å². The quantitative estimate of drug-likeness (QED) is 0.691. The summed E-state index contributed by atoms with van der Waals surface area (Å²) in [6.07, 6.45) is 4.88. The Morgan fingerprint density at radius 1 is 1.12 bits per heavy atom. The third-order valence-electron chi connectivity index (χ3n) is 3.62. The lowest BCUT2D eigenvalue weighted by molar-refractivity contribution is 0.102. The average molecular weight is 321 g/mol. The van der Waals surface area contributed by atoms with Crippen molar-refractivity contribution in [3.8, 4) is 16.9 Å². The molecule has 0 atom stereocenters. The van der Waals surface area contributed by atoms with Crippen LogP contribution in [0.5, 0.6) is 5.75 Å². The van der Waals surface area contributed by atoms with Gasteiger partial charge in [0.2, 0.25) is 0 Å². The molecule has 6 heteroatoms. The van der Waals surface area contributed by atoms with Crippen LogP contribution in [-0.2, 0) is 0 Å². The Hall–Kier alpha value is -3.41. The van der Waals surface area contributed by atoms with Crippen molar-refractivity contribution in [1.82, 2.24) is 9.97 Å². The van der Waals surface area contributed by atoms with E-state index in [1.165, 1.54) is 12.1 Å². The van der Waals surface area contributed by atoms with Gasteiger partial charge in [0.15, 0.2) is 0 Å². The molecule has 1 amide bonds. The maximum absolute atomic E-state index is 12.3. The Kier molecular flexibility index (Phi) is 4.11. The second-order valence-corrected chi connectivity index (χ2v) is 5.32. The first-order valence-electron chi connectivity index (χ1n) is 7.29. The van der Waals surface area contributed by atoms with Crippen molar-refractivity contribution in [2.45, 2.75) is 6.92 Å². The van der Waals surface area contributed by atoms with Crippen LogP contribution < -0.4 is 10.9 Å². The predicted octanol–water partition coefficient (Wildman–Crippen LogP) is 2.70. The normalized spacial score (nSPS) is 10.4. The highest BCUT2D eigenvalue weighted by atomic mass is 16.3. The minimum atomic E-state index is -0.421. The number of aryl methyl sites for hydroxylation is 1. The lowest BCUT2D eigenvalue weighted by Crippen LogP contribution is -2.19. The smallest absolute Gasteiger partial charge is 0.271 e. The van der Waals surface area contributed by atoms with E-state index < -0.39 is 11.5 Å². The third-order valence-corrected chi connectivity index (χ3v) is 3.62. The summed E-state index contributed by atoms with van der Waals surface area (Å²) >= 11 is 0. The molecule has 0 saturated heterocycles. The number of rotatable bonds is 3. The monoisotopic (exact) mass is 321 g/mol. The van der Waals surface area contributed by atoms with E-state index in [9.17, 15) is 14.7 Å². The van der Waals surface area contributed by atoms with Crippen LogP contribution in [0.1, 0.15) is 15.9 Å². The zero-order valence-electron chi connectivity index (χ0n) is 12.9. The highest BCUT2D eigenvalue weighted by Crippen LogP contribution is 2.20.